The van der Waals surface area contributed by atoms with Crippen LogP contribution in [-0.4, -0.2) is 56.4 Å². The normalized spacial score (nSPS) is 17.4. The fourth-order valence-corrected chi connectivity index (χ4v) is 2.75. The molecular weight excluding hydrogens is 373 g/mol. The van der Waals surface area contributed by atoms with Gasteiger partial charge in [0.1, 0.15) is 0 Å². The van der Waals surface area contributed by atoms with Crippen molar-refractivity contribution >= 4 is 18.3 Å². The molecule has 1 N–H and O–H groups in total. The van der Waals surface area contributed by atoms with Gasteiger partial charge in [0, 0.05) is 32.1 Å². The zero-order chi connectivity index (χ0) is 18.4. The minimum Gasteiger partial charge on any atom is -0.493 e. The molecule has 1 aliphatic heterocycles. The number of halogens is 4. The van der Waals surface area contributed by atoms with Crippen molar-refractivity contribution in [3.8, 4) is 11.5 Å². The Kier molecular flexibility index (Phi) is 8.49. The van der Waals surface area contributed by atoms with Crippen LogP contribution in [0.2, 0.25) is 0 Å². The smallest absolute Gasteiger partial charge is 0.422 e. The average molecular weight is 397 g/mol. The van der Waals surface area contributed by atoms with Crippen molar-refractivity contribution in [1.82, 2.24) is 10.2 Å². The van der Waals surface area contributed by atoms with Gasteiger partial charge >= 0.3 is 6.18 Å². The van der Waals surface area contributed by atoms with Crippen molar-refractivity contribution in [3.63, 3.8) is 0 Å². The van der Waals surface area contributed by atoms with E-state index >= 15 is 0 Å². The highest BCUT2D eigenvalue weighted by atomic mass is 35.5. The number of ether oxygens (including phenoxy) is 2. The molecule has 1 atom stereocenters. The molecule has 0 radical (unpaired) electrons. The first kappa shape index (κ1) is 22.4. The maximum atomic E-state index is 12.3. The molecule has 1 saturated heterocycles. The van der Waals surface area contributed by atoms with Gasteiger partial charge in [-0.15, -0.1) is 12.4 Å². The number of aryl methyl sites for hydroxylation is 1. The number of carbonyl (C=O) groups excluding carboxylic acids is 1. The van der Waals surface area contributed by atoms with Crippen molar-refractivity contribution < 1.29 is 27.4 Å². The molecule has 0 aliphatic carbocycles. The van der Waals surface area contributed by atoms with E-state index in [2.05, 4.69) is 5.32 Å². The number of carbonyl (C=O) groups is 1. The average Bonchev–Trinajstić information content (AvgIpc) is 2.57. The monoisotopic (exact) mass is 396 g/mol. The first-order valence-corrected chi connectivity index (χ1v) is 8.17. The fourth-order valence-electron chi connectivity index (χ4n) is 2.75. The molecule has 0 unspecified atom stereocenters. The maximum Gasteiger partial charge on any atom is 0.422 e. The van der Waals surface area contributed by atoms with Crippen LogP contribution in [0.3, 0.4) is 0 Å². The molecule has 1 heterocycles. The summed E-state index contributed by atoms with van der Waals surface area (Å²) < 4.78 is 46.6. The predicted molar refractivity (Wildman–Crippen MR) is 94.2 cm³/mol. The van der Waals surface area contributed by atoms with Gasteiger partial charge in [-0.3, -0.25) is 4.79 Å². The lowest BCUT2D eigenvalue weighted by Crippen LogP contribution is -2.52. The van der Waals surface area contributed by atoms with Gasteiger partial charge in [0.05, 0.1) is 7.11 Å². The van der Waals surface area contributed by atoms with Crippen LogP contribution in [0.4, 0.5) is 13.2 Å². The molecular formula is C17H24ClF3N2O3. The summed E-state index contributed by atoms with van der Waals surface area (Å²) in [7, 11) is 1.37. The molecule has 1 aromatic rings. The number of nitrogens with one attached hydrogen (secondary N) is 1. The van der Waals surface area contributed by atoms with E-state index in [1.165, 1.54) is 13.2 Å². The summed E-state index contributed by atoms with van der Waals surface area (Å²) in [6.07, 6.45) is -3.57. The standard InChI is InChI=1S/C17H23F3N2O3.ClH/c1-12-10-21-7-8-22(12)16(23)6-4-13-3-5-14(15(9-13)24-2)25-11-17(18,19)20;/h3,5,9,12,21H,4,6-8,10-11H2,1-2H3;1H/t12-;/m1./s1. The van der Waals surface area contributed by atoms with Crippen LogP contribution < -0.4 is 14.8 Å². The highest BCUT2D eigenvalue weighted by Crippen LogP contribution is 2.30. The molecule has 26 heavy (non-hydrogen) atoms. The topological polar surface area (TPSA) is 50.8 Å². The van der Waals surface area contributed by atoms with Gasteiger partial charge in [0.25, 0.3) is 0 Å². The largest absolute Gasteiger partial charge is 0.493 e. The van der Waals surface area contributed by atoms with Crippen molar-refractivity contribution in [2.45, 2.75) is 32.0 Å². The molecule has 148 valence electrons. The van der Waals surface area contributed by atoms with Crippen LogP contribution in [-0.2, 0) is 11.2 Å². The first-order chi connectivity index (χ1) is 11.8. The second kappa shape index (κ2) is 9.87. The zero-order valence-corrected chi connectivity index (χ0v) is 15.6. The van der Waals surface area contributed by atoms with Crippen LogP contribution in [0.15, 0.2) is 18.2 Å². The Bertz CT molecular complexity index is 599. The molecule has 0 spiro atoms. The van der Waals surface area contributed by atoms with E-state index in [4.69, 9.17) is 9.47 Å². The molecule has 1 aromatic carbocycles. The van der Waals surface area contributed by atoms with Crippen molar-refractivity contribution in [2.24, 2.45) is 0 Å². The van der Waals surface area contributed by atoms with Crippen molar-refractivity contribution in [3.05, 3.63) is 23.8 Å². The number of methoxy groups -OCH3 is 1. The van der Waals surface area contributed by atoms with Gasteiger partial charge < -0.3 is 19.7 Å². The Labute approximate surface area is 157 Å². The fraction of sp³-hybridized carbons (Fsp3) is 0.588. The summed E-state index contributed by atoms with van der Waals surface area (Å²) in [6, 6.07) is 4.87. The lowest BCUT2D eigenvalue weighted by molar-refractivity contribution is -0.153. The third-order valence-corrected chi connectivity index (χ3v) is 4.07. The zero-order valence-electron chi connectivity index (χ0n) is 14.8. The molecule has 0 bridgehead atoms. The third-order valence-electron chi connectivity index (χ3n) is 4.07. The summed E-state index contributed by atoms with van der Waals surface area (Å²) >= 11 is 0. The van der Waals surface area contributed by atoms with Crippen LogP contribution in [0.5, 0.6) is 11.5 Å². The number of rotatable bonds is 6. The van der Waals surface area contributed by atoms with E-state index in [0.29, 0.717) is 19.4 Å². The number of nitrogens with zero attached hydrogens (tertiary/aromatic N) is 1. The number of hydrogen-bond acceptors (Lipinski definition) is 4. The Morgan fingerprint density at radius 1 is 1.35 bits per heavy atom. The molecule has 1 aliphatic rings. The minimum absolute atomic E-state index is 0. The van der Waals surface area contributed by atoms with Crippen molar-refractivity contribution in [1.29, 1.82) is 0 Å². The van der Waals surface area contributed by atoms with Crippen LogP contribution in [0.1, 0.15) is 18.9 Å². The SMILES string of the molecule is COc1cc(CCC(=O)N2CCNC[C@H]2C)ccc1OCC(F)(F)F.Cl. The first-order valence-electron chi connectivity index (χ1n) is 8.17. The van der Waals surface area contributed by atoms with Gasteiger partial charge in [-0.05, 0) is 31.0 Å². The van der Waals surface area contributed by atoms with Crippen LogP contribution >= 0.6 is 12.4 Å². The van der Waals surface area contributed by atoms with Crippen molar-refractivity contribution in [2.75, 3.05) is 33.4 Å². The lowest BCUT2D eigenvalue weighted by atomic mass is 10.1. The van der Waals surface area contributed by atoms with E-state index < -0.39 is 12.8 Å². The Balaban J connectivity index is 0.00000338. The van der Waals surface area contributed by atoms with E-state index in [1.54, 1.807) is 12.1 Å². The van der Waals surface area contributed by atoms with E-state index in [-0.39, 0.29) is 35.9 Å². The van der Waals surface area contributed by atoms with E-state index in [9.17, 15) is 18.0 Å². The summed E-state index contributed by atoms with van der Waals surface area (Å²) in [4.78, 5) is 14.2. The Morgan fingerprint density at radius 2 is 2.08 bits per heavy atom. The minimum atomic E-state index is -4.41. The molecule has 1 fully saturated rings. The molecule has 0 saturated carbocycles. The van der Waals surface area contributed by atoms with E-state index in [0.717, 1.165) is 18.7 Å². The Hall–Kier alpha value is -1.67. The molecule has 1 amide bonds. The number of alkyl halides is 3. The van der Waals surface area contributed by atoms with Gasteiger partial charge in [-0.25, -0.2) is 0 Å². The summed E-state index contributed by atoms with van der Waals surface area (Å²) in [5.41, 5.74) is 0.812. The lowest BCUT2D eigenvalue weighted by Gasteiger charge is -2.34. The molecule has 2 rings (SSSR count). The number of benzene rings is 1. The van der Waals surface area contributed by atoms with Gasteiger partial charge in [-0.1, -0.05) is 6.07 Å². The molecule has 9 heteroatoms. The summed E-state index contributed by atoms with van der Waals surface area (Å²) in [5.74, 6) is 0.334. The highest BCUT2D eigenvalue weighted by Gasteiger charge is 2.29. The molecule has 0 aromatic heterocycles. The van der Waals surface area contributed by atoms with E-state index in [1.807, 2.05) is 11.8 Å². The van der Waals surface area contributed by atoms with Gasteiger partial charge in [-0.2, -0.15) is 13.2 Å². The third kappa shape index (κ3) is 6.57. The van der Waals surface area contributed by atoms with Crippen LogP contribution in [0, 0.1) is 0 Å². The van der Waals surface area contributed by atoms with Gasteiger partial charge in [0.2, 0.25) is 5.91 Å². The van der Waals surface area contributed by atoms with Gasteiger partial charge in [0.15, 0.2) is 18.1 Å². The molecule has 5 nitrogen and oxygen atoms in total. The van der Waals surface area contributed by atoms with Crippen LogP contribution in [0.25, 0.3) is 0 Å². The quantitative estimate of drug-likeness (QED) is 0.803. The highest BCUT2D eigenvalue weighted by molar-refractivity contribution is 5.85. The predicted octanol–water partition coefficient (Wildman–Crippen LogP) is 2.81. The number of amides is 1. The number of hydrogen-bond donors (Lipinski definition) is 1. The Morgan fingerprint density at radius 3 is 2.69 bits per heavy atom. The maximum absolute atomic E-state index is 12.3. The summed E-state index contributed by atoms with van der Waals surface area (Å²) in [5, 5.41) is 3.23. The number of piperazine rings is 1. The second-order valence-corrected chi connectivity index (χ2v) is 6.03. The second-order valence-electron chi connectivity index (χ2n) is 6.03. The summed E-state index contributed by atoms with van der Waals surface area (Å²) in [6.45, 7) is 2.88.